The van der Waals surface area contributed by atoms with Crippen molar-refractivity contribution in [2.45, 2.75) is 11.0 Å². The number of halogens is 2. The highest BCUT2D eigenvalue weighted by Crippen LogP contribution is 2.32. The third kappa shape index (κ3) is 4.81. The second-order valence-electron chi connectivity index (χ2n) is 6.90. The minimum Gasteiger partial charge on any atom is -0.479 e. The summed E-state index contributed by atoms with van der Waals surface area (Å²) in [6.45, 7) is 0. The van der Waals surface area contributed by atoms with Crippen LogP contribution in [0.3, 0.4) is 0 Å². The van der Waals surface area contributed by atoms with Crippen LogP contribution in [0.2, 0.25) is 0 Å². The number of hydrogen-bond acceptors (Lipinski definition) is 5. The van der Waals surface area contributed by atoms with Crippen molar-refractivity contribution < 1.29 is 21.9 Å². The van der Waals surface area contributed by atoms with Gasteiger partial charge < -0.3 is 4.74 Å². The van der Waals surface area contributed by atoms with E-state index >= 15 is 0 Å². The maximum Gasteiger partial charge on any atom is 0.175 e. The van der Waals surface area contributed by atoms with Gasteiger partial charge in [-0.05, 0) is 47.5 Å². The van der Waals surface area contributed by atoms with Gasteiger partial charge in [0.2, 0.25) is 0 Å². The highest BCUT2D eigenvalue weighted by molar-refractivity contribution is 7.90. The number of thiazole rings is 1. The lowest BCUT2D eigenvalue weighted by atomic mass is 10.0. The van der Waals surface area contributed by atoms with Gasteiger partial charge in [-0.15, -0.1) is 11.3 Å². The molecule has 0 amide bonds. The van der Waals surface area contributed by atoms with Crippen molar-refractivity contribution in [3.8, 4) is 16.9 Å². The molecule has 0 N–H and O–H groups in total. The van der Waals surface area contributed by atoms with Gasteiger partial charge in [-0.2, -0.15) is 0 Å². The van der Waals surface area contributed by atoms with E-state index in [9.17, 15) is 17.2 Å². The van der Waals surface area contributed by atoms with E-state index < -0.39 is 27.6 Å². The normalized spacial score (nSPS) is 12.5. The Labute approximate surface area is 182 Å². The van der Waals surface area contributed by atoms with E-state index in [2.05, 4.69) is 4.98 Å². The van der Waals surface area contributed by atoms with Crippen LogP contribution in [0.1, 0.15) is 17.4 Å². The number of ether oxygens (including phenoxy) is 1. The molecule has 0 fully saturated rings. The summed E-state index contributed by atoms with van der Waals surface area (Å²) in [7, 11) is -3.32. The van der Waals surface area contributed by atoms with E-state index in [0.717, 1.165) is 6.26 Å². The Bertz CT molecular complexity index is 1290. The molecule has 4 aromatic rings. The van der Waals surface area contributed by atoms with E-state index in [0.29, 0.717) is 22.4 Å². The van der Waals surface area contributed by atoms with E-state index in [-0.39, 0.29) is 10.6 Å². The van der Waals surface area contributed by atoms with Gasteiger partial charge in [0.15, 0.2) is 15.9 Å². The zero-order chi connectivity index (χ0) is 22.0. The van der Waals surface area contributed by atoms with Gasteiger partial charge in [-0.1, -0.05) is 24.3 Å². The third-order valence-electron chi connectivity index (χ3n) is 4.68. The lowest BCUT2D eigenvalue weighted by Crippen LogP contribution is -2.10. The minimum absolute atomic E-state index is 0.197. The Kier molecular flexibility index (Phi) is 5.84. The smallest absolute Gasteiger partial charge is 0.175 e. The number of rotatable bonds is 6. The molecule has 0 aliphatic heterocycles. The first kappa shape index (κ1) is 21.1. The highest BCUT2D eigenvalue weighted by Gasteiger charge is 2.20. The molecule has 8 heteroatoms. The average molecular weight is 458 g/mol. The van der Waals surface area contributed by atoms with Gasteiger partial charge in [0, 0.05) is 23.3 Å². The van der Waals surface area contributed by atoms with Crippen LogP contribution < -0.4 is 4.74 Å². The van der Waals surface area contributed by atoms with E-state index in [4.69, 9.17) is 4.74 Å². The zero-order valence-electron chi connectivity index (χ0n) is 16.3. The molecule has 1 unspecified atom stereocenters. The molecule has 1 aromatic heterocycles. The molecule has 0 spiro atoms. The van der Waals surface area contributed by atoms with Crippen molar-refractivity contribution in [2.75, 3.05) is 6.26 Å². The Morgan fingerprint density at radius 1 is 0.968 bits per heavy atom. The average Bonchev–Trinajstić information content (AvgIpc) is 3.27. The first-order chi connectivity index (χ1) is 14.8. The molecular formula is C23H17F2NO3S2. The summed E-state index contributed by atoms with van der Waals surface area (Å²) in [5.74, 6) is -0.612. The molecule has 1 atom stereocenters. The molecule has 1 heterocycles. The van der Waals surface area contributed by atoms with Crippen LogP contribution in [-0.2, 0) is 9.84 Å². The first-order valence-corrected chi connectivity index (χ1v) is 12.0. The molecule has 4 rings (SSSR count). The number of nitrogens with zero attached hydrogens (tertiary/aromatic N) is 1. The summed E-state index contributed by atoms with van der Waals surface area (Å²) in [4.78, 5) is 4.50. The molecule has 0 aliphatic rings. The largest absolute Gasteiger partial charge is 0.479 e. The highest BCUT2D eigenvalue weighted by atomic mass is 32.2. The van der Waals surface area contributed by atoms with Gasteiger partial charge in [0.05, 0.1) is 16.1 Å². The Hall–Kier alpha value is -3.10. The summed E-state index contributed by atoms with van der Waals surface area (Å²) in [6.07, 6.45) is 0.498. The summed E-state index contributed by atoms with van der Waals surface area (Å²) in [6, 6.07) is 16.4. The Morgan fingerprint density at radius 3 is 2.26 bits per heavy atom. The zero-order valence-corrected chi connectivity index (χ0v) is 18.0. The number of sulfone groups is 1. The number of benzene rings is 3. The lowest BCUT2D eigenvalue weighted by Gasteiger charge is -2.19. The maximum atomic E-state index is 14.8. The predicted octanol–water partition coefficient (Wildman–Crippen LogP) is 5.66. The van der Waals surface area contributed by atoms with Gasteiger partial charge >= 0.3 is 0 Å². The van der Waals surface area contributed by atoms with Gasteiger partial charge in [0.25, 0.3) is 0 Å². The van der Waals surface area contributed by atoms with Crippen molar-refractivity contribution in [3.05, 3.63) is 101 Å². The molecule has 158 valence electrons. The second-order valence-corrected chi connectivity index (χ2v) is 9.64. The molecule has 0 saturated carbocycles. The van der Waals surface area contributed by atoms with Crippen LogP contribution >= 0.6 is 11.3 Å². The summed E-state index contributed by atoms with van der Waals surface area (Å²) < 4.78 is 57.4. The van der Waals surface area contributed by atoms with Crippen LogP contribution in [0.25, 0.3) is 11.1 Å². The van der Waals surface area contributed by atoms with E-state index in [1.807, 2.05) is 5.38 Å². The van der Waals surface area contributed by atoms with Gasteiger partial charge in [0.1, 0.15) is 17.4 Å². The Balaban J connectivity index is 1.65. The molecule has 0 bridgehead atoms. The van der Waals surface area contributed by atoms with Crippen molar-refractivity contribution >= 4 is 21.2 Å². The van der Waals surface area contributed by atoms with Crippen molar-refractivity contribution in [1.82, 2.24) is 4.98 Å². The van der Waals surface area contributed by atoms with Crippen LogP contribution in [0.4, 0.5) is 8.78 Å². The molecule has 3 aromatic carbocycles. The SMILES string of the molecule is CS(=O)(=O)c1ccc(C(Oc2ccc(-c3ccc(F)cc3)c(F)c2)c2cscn2)cc1. The number of aromatic nitrogens is 1. The molecule has 0 aliphatic carbocycles. The molecule has 0 saturated heterocycles. The molecule has 4 nitrogen and oxygen atoms in total. The predicted molar refractivity (Wildman–Crippen MR) is 116 cm³/mol. The van der Waals surface area contributed by atoms with Gasteiger partial charge in [-0.25, -0.2) is 22.2 Å². The van der Waals surface area contributed by atoms with Crippen LogP contribution in [0.5, 0.6) is 5.75 Å². The molecular weight excluding hydrogens is 440 g/mol. The third-order valence-corrected chi connectivity index (χ3v) is 6.41. The molecule has 31 heavy (non-hydrogen) atoms. The summed E-state index contributed by atoms with van der Waals surface area (Å²) in [5, 5.41) is 1.82. The fraction of sp³-hybridized carbons (Fsp3) is 0.0870. The summed E-state index contributed by atoms with van der Waals surface area (Å²) in [5.41, 5.74) is 3.85. The van der Waals surface area contributed by atoms with Gasteiger partial charge in [-0.3, -0.25) is 0 Å². The van der Waals surface area contributed by atoms with Crippen molar-refractivity contribution in [1.29, 1.82) is 0 Å². The quantitative estimate of drug-likeness (QED) is 0.375. The second kappa shape index (κ2) is 8.56. The first-order valence-electron chi connectivity index (χ1n) is 9.21. The maximum absolute atomic E-state index is 14.8. The van der Waals surface area contributed by atoms with Crippen LogP contribution in [0.15, 0.2) is 82.5 Å². The minimum atomic E-state index is -3.32. The van der Waals surface area contributed by atoms with E-state index in [1.165, 1.54) is 53.8 Å². The van der Waals surface area contributed by atoms with E-state index in [1.54, 1.807) is 29.8 Å². The standard InChI is InChI=1S/C23H17F2NO3S2/c1-31(27,28)19-9-4-16(5-10-19)23(22-13-30-14-26-22)29-18-8-11-20(21(25)12-18)15-2-6-17(24)7-3-15/h2-14,23H,1H3. The van der Waals surface area contributed by atoms with Crippen molar-refractivity contribution in [2.24, 2.45) is 0 Å². The lowest BCUT2D eigenvalue weighted by molar-refractivity contribution is 0.242. The monoisotopic (exact) mass is 457 g/mol. The fourth-order valence-corrected chi connectivity index (χ4v) is 4.31. The van der Waals surface area contributed by atoms with Crippen molar-refractivity contribution in [3.63, 3.8) is 0 Å². The van der Waals surface area contributed by atoms with Crippen LogP contribution in [-0.4, -0.2) is 19.7 Å². The summed E-state index contributed by atoms with van der Waals surface area (Å²) >= 11 is 1.39. The number of hydrogen-bond donors (Lipinski definition) is 0. The van der Waals surface area contributed by atoms with Crippen LogP contribution in [0, 0.1) is 11.6 Å². The molecule has 0 radical (unpaired) electrons. The topological polar surface area (TPSA) is 56.3 Å². The fourth-order valence-electron chi connectivity index (χ4n) is 3.11. The Morgan fingerprint density at radius 2 is 1.68 bits per heavy atom.